The lowest BCUT2D eigenvalue weighted by Crippen LogP contribution is -2.30. The van der Waals surface area contributed by atoms with Gasteiger partial charge in [0.2, 0.25) is 0 Å². The predicted octanol–water partition coefficient (Wildman–Crippen LogP) is 0.798. The van der Waals surface area contributed by atoms with E-state index in [0.717, 1.165) is 18.7 Å². The Morgan fingerprint density at radius 1 is 1.60 bits per heavy atom. The van der Waals surface area contributed by atoms with E-state index in [0.29, 0.717) is 12.5 Å². The quantitative estimate of drug-likeness (QED) is 0.499. The van der Waals surface area contributed by atoms with Gasteiger partial charge in [-0.05, 0) is 13.3 Å². The Morgan fingerprint density at radius 2 is 2.50 bits per heavy atom. The van der Waals surface area contributed by atoms with Crippen molar-refractivity contribution in [3.05, 3.63) is 0 Å². The minimum absolute atomic E-state index is 0.277. The lowest BCUT2D eigenvalue weighted by atomic mass is 9.94. The number of hydrogen-bond acceptors (Lipinski definition) is 3. The first kappa shape index (κ1) is 6.16. The fraction of sp³-hybridized carbons (Fsp3) is 0.857. The summed E-state index contributed by atoms with van der Waals surface area (Å²) in [5, 5.41) is 3.93. The van der Waals surface area contributed by atoms with E-state index in [9.17, 15) is 0 Å². The minimum atomic E-state index is 0.277. The Kier molecular flexibility index (Phi) is 1.38. The van der Waals surface area contributed by atoms with Gasteiger partial charge in [0.1, 0.15) is 6.10 Å². The molecule has 2 aliphatic rings. The SMILES string of the molecule is CC1ON=C2COCCC21. The van der Waals surface area contributed by atoms with E-state index < -0.39 is 0 Å². The molecule has 10 heavy (non-hydrogen) atoms. The molecular weight excluding hydrogens is 130 g/mol. The smallest absolute Gasteiger partial charge is 0.133 e. The summed E-state index contributed by atoms with van der Waals surface area (Å²) in [6.45, 7) is 3.60. The highest BCUT2D eigenvalue weighted by molar-refractivity contribution is 5.89. The number of ether oxygens (including phenoxy) is 1. The van der Waals surface area contributed by atoms with Gasteiger partial charge in [0, 0.05) is 12.5 Å². The van der Waals surface area contributed by atoms with Crippen molar-refractivity contribution in [3.63, 3.8) is 0 Å². The van der Waals surface area contributed by atoms with E-state index in [-0.39, 0.29) is 6.10 Å². The highest BCUT2D eigenvalue weighted by atomic mass is 16.6. The second-order valence-corrected chi connectivity index (χ2v) is 2.84. The van der Waals surface area contributed by atoms with E-state index in [2.05, 4.69) is 12.1 Å². The van der Waals surface area contributed by atoms with Crippen molar-refractivity contribution in [2.75, 3.05) is 13.2 Å². The topological polar surface area (TPSA) is 30.8 Å². The summed E-state index contributed by atoms with van der Waals surface area (Å²) in [5.74, 6) is 0.536. The Labute approximate surface area is 60.0 Å². The maximum atomic E-state index is 5.22. The molecule has 0 aromatic heterocycles. The lowest BCUT2D eigenvalue weighted by molar-refractivity contribution is 0.0613. The van der Waals surface area contributed by atoms with Crippen molar-refractivity contribution in [1.29, 1.82) is 0 Å². The molecule has 2 unspecified atom stereocenters. The molecule has 1 saturated heterocycles. The molecule has 0 aromatic carbocycles. The second-order valence-electron chi connectivity index (χ2n) is 2.84. The highest BCUT2D eigenvalue weighted by Gasteiger charge is 2.32. The summed E-state index contributed by atoms with van der Waals surface area (Å²) in [6, 6.07) is 0. The first-order chi connectivity index (χ1) is 4.88. The first-order valence-electron chi connectivity index (χ1n) is 3.68. The van der Waals surface area contributed by atoms with Crippen molar-refractivity contribution in [2.45, 2.75) is 19.4 Å². The number of rotatable bonds is 0. The molecule has 0 aromatic rings. The van der Waals surface area contributed by atoms with Crippen molar-refractivity contribution in [2.24, 2.45) is 11.1 Å². The molecule has 3 heteroatoms. The van der Waals surface area contributed by atoms with Crippen LogP contribution in [0.4, 0.5) is 0 Å². The maximum Gasteiger partial charge on any atom is 0.133 e. The van der Waals surface area contributed by atoms with Crippen LogP contribution in [0.5, 0.6) is 0 Å². The van der Waals surface area contributed by atoms with Gasteiger partial charge in [-0.25, -0.2) is 0 Å². The first-order valence-corrected chi connectivity index (χ1v) is 3.68. The van der Waals surface area contributed by atoms with E-state index in [1.165, 1.54) is 0 Å². The molecule has 2 heterocycles. The number of fused-ring (bicyclic) bond motifs is 1. The van der Waals surface area contributed by atoms with Crippen LogP contribution < -0.4 is 0 Å². The van der Waals surface area contributed by atoms with Crippen LogP contribution in [0.15, 0.2) is 5.16 Å². The third-order valence-electron chi connectivity index (χ3n) is 2.15. The molecular formula is C7H11NO2. The van der Waals surface area contributed by atoms with Gasteiger partial charge in [-0.15, -0.1) is 0 Å². The fourth-order valence-electron chi connectivity index (χ4n) is 1.48. The molecule has 1 fully saturated rings. The number of oxime groups is 1. The van der Waals surface area contributed by atoms with E-state index in [1.54, 1.807) is 0 Å². The molecule has 2 rings (SSSR count). The molecule has 0 aliphatic carbocycles. The molecule has 3 nitrogen and oxygen atoms in total. The van der Waals surface area contributed by atoms with E-state index in [1.807, 2.05) is 0 Å². The Balaban J connectivity index is 2.11. The van der Waals surface area contributed by atoms with Crippen LogP contribution >= 0.6 is 0 Å². The normalized spacial score (nSPS) is 38.3. The van der Waals surface area contributed by atoms with Crippen LogP contribution in [-0.2, 0) is 9.57 Å². The molecule has 56 valence electrons. The minimum Gasteiger partial charge on any atom is -0.392 e. The molecule has 0 amide bonds. The second kappa shape index (κ2) is 2.23. The van der Waals surface area contributed by atoms with E-state index >= 15 is 0 Å². The summed E-state index contributed by atoms with van der Waals surface area (Å²) in [4.78, 5) is 5.11. The molecule has 0 spiro atoms. The standard InChI is InChI=1S/C7H11NO2/c1-5-6-2-3-9-4-7(6)8-10-5/h5-6H,2-4H2,1H3. The van der Waals surface area contributed by atoms with Gasteiger partial charge in [0.25, 0.3) is 0 Å². The summed E-state index contributed by atoms with van der Waals surface area (Å²) in [7, 11) is 0. The van der Waals surface area contributed by atoms with Crippen LogP contribution in [0.1, 0.15) is 13.3 Å². The summed E-state index contributed by atoms with van der Waals surface area (Å²) < 4.78 is 5.22. The van der Waals surface area contributed by atoms with Gasteiger partial charge in [0.15, 0.2) is 0 Å². The Morgan fingerprint density at radius 3 is 3.30 bits per heavy atom. The Hall–Kier alpha value is -0.570. The molecule has 0 radical (unpaired) electrons. The van der Waals surface area contributed by atoms with Crippen molar-refractivity contribution < 1.29 is 9.57 Å². The molecule has 0 N–H and O–H groups in total. The van der Waals surface area contributed by atoms with Crippen LogP contribution in [0.3, 0.4) is 0 Å². The van der Waals surface area contributed by atoms with Gasteiger partial charge >= 0.3 is 0 Å². The van der Waals surface area contributed by atoms with Crippen LogP contribution in [0, 0.1) is 5.92 Å². The molecule has 2 atom stereocenters. The van der Waals surface area contributed by atoms with Crippen molar-refractivity contribution in [1.82, 2.24) is 0 Å². The average molecular weight is 141 g/mol. The van der Waals surface area contributed by atoms with Gasteiger partial charge in [0.05, 0.1) is 12.3 Å². The number of hydrogen-bond donors (Lipinski definition) is 0. The largest absolute Gasteiger partial charge is 0.392 e. The fourth-order valence-corrected chi connectivity index (χ4v) is 1.48. The highest BCUT2D eigenvalue weighted by Crippen LogP contribution is 2.24. The van der Waals surface area contributed by atoms with Gasteiger partial charge in [-0.2, -0.15) is 0 Å². The predicted molar refractivity (Wildman–Crippen MR) is 36.9 cm³/mol. The summed E-state index contributed by atoms with van der Waals surface area (Å²) >= 11 is 0. The third kappa shape index (κ3) is 0.814. The summed E-state index contributed by atoms with van der Waals surface area (Å²) in [5.41, 5.74) is 1.10. The van der Waals surface area contributed by atoms with Crippen molar-refractivity contribution in [3.8, 4) is 0 Å². The van der Waals surface area contributed by atoms with Crippen molar-refractivity contribution >= 4 is 5.71 Å². The summed E-state index contributed by atoms with van der Waals surface area (Å²) in [6.07, 6.45) is 1.35. The maximum absolute atomic E-state index is 5.22. The zero-order valence-electron chi connectivity index (χ0n) is 6.04. The zero-order valence-corrected chi connectivity index (χ0v) is 6.04. The van der Waals surface area contributed by atoms with Crippen LogP contribution in [0.25, 0.3) is 0 Å². The molecule has 0 bridgehead atoms. The van der Waals surface area contributed by atoms with Crippen LogP contribution in [0.2, 0.25) is 0 Å². The van der Waals surface area contributed by atoms with Gasteiger partial charge in [-0.1, -0.05) is 5.16 Å². The monoisotopic (exact) mass is 141 g/mol. The molecule has 2 aliphatic heterocycles. The Bertz CT molecular complexity index is 167. The van der Waals surface area contributed by atoms with Gasteiger partial charge < -0.3 is 9.57 Å². The number of nitrogens with zero attached hydrogens (tertiary/aromatic N) is 1. The third-order valence-corrected chi connectivity index (χ3v) is 2.15. The lowest BCUT2D eigenvalue weighted by Gasteiger charge is -2.19. The van der Waals surface area contributed by atoms with Crippen LogP contribution in [-0.4, -0.2) is 25.0 Å². The average Bonchev–Trinajstić information content (AvgIpc) is 2.34. The van der Waals surface area contributed by atoms with Gasteiger partial charge in [-0.3, -0.25) is 0 Å². The molecule has 0 saturated carbocycles. The van der Waals surface area contributed by atoms with E-state index in [4.69, 9.17) is 9.57 Å². The zero-order chi connectivity index (χ0) is 6.97.